The first kappa shape index (κ1) is 20.4. The Morgan fingerprint density at radius 2 is 1.93 bits per heavy atom. The van der Waals surface area contributed by atoms with Gasteiger partial charge in [-0.05, 0) is 41.2 Å². The molecule has 156 valence electrons. The van der Waals surface area contributed by atoms with Crippen LogP contribution in [0.2, 0.25) is 0 Å². The van der Waals surface area contributed by atoms with Gasteiger partial charge in [-0.25, -0.2) is 0 Å². The molecule has 4 rings (SSSR count). The molecular formula is C26H35N2O-. The number of hydrogen-bond acceptors (Lipinski definition) is 1. The summed E-state index contributed by atoms with van der Waals surface area (Å²) in [5.41, 5.74) is 2.71. The molecule has 1 heterocycles. The lowest BCUT2D eigenvalue weighted by atomic mass is 9.48. The predicted molar refractivity (Wildman–Crippen MR) is 123 cm³/mol. The number of aromatic amines is 1. The molecule has 0 saturated heterocycles. The Morgan fingerprint density at radius 1 is 1.24 bits per heavy atom. The molecule has 29 heavy (non-hydrogen) atoms. The minimum Gasteiger partial charge on any atom is -0.659 e. The second-order valence-electron chi connectivity index (χ2n) is 10.5. The molecule has 3 heteroatoms. The Balaban J connectivity index is 2.18. The number of nitrogens with one attached hydrogen (secondary N) is 1. The summed E-state index contributed by atoms with van der Waals surface area (Å²) in [5.74, 6) is 0.0741. The molecule has 1 aromatic heterocycles. The van der Waals surface area contributed by atoms with Crippen molar-refractivity contribution in [3.63, 3.8) is 0 Å². The Morgan fingerprint density at radius 3 is 2.52 bits per heavy atom. The van der Waals surface area contributed by atoms with Crippen molar-refractivity contribution in [1.82, 2.24) is 4.98 Å². The number of allylic oxidation sites excluding steroid dienone is 1. The van der Waals surface area contributed by atoms with Crippen LogP contribution in [0.1, 0.15) is 64.3 Å². The van der Waals surface area contributed by atoms with Crippen LogP contribution in [0, 0.1) is 11.3 Å². The van der Waals surface area contributed by atoms with Gasteiger partial charge in [0.15, 0.2) is 0 Å². The smallest absolute Gasteiger partial charge is 0.0806 e. The van der Waals surface area contributed by atoms with E-state index >= 15 is 0 Å². The summed E-state index contributed by atoms with van der Waals surface area (Å²) in [5, 5.41) is 18.7. The zero-order valence-electron chi connectivity index (χ0n) is 18.8. The topological polar surface area (TPSA) is 50.1 Å². The Hall–Kier alpha value is -1.84. The Bertz CT molecular complexity index is 998. The molecule has 0 unspecified atom stereocenters. The average molecular weight is 392 g/mol. The fraction of sp³-hybridized carbons (Fsp3) is 0.538. The van der Waals surface area contributed by atoms with E-state index in [0.717, 1.165) is 29.6 Å². The fourth-order valence-electron chi connectivity index (χ4n) is 6.39. The molecule has 0 bridgehead atoms. The fourth-order valence-corrected chi connectivity index (χ4v) is 6.39. The van der Waals surface area contributed by atoms with Gasteiger partial charge in [0.2, 0.25) is 0 Å². The van der Waals surface area contributed by atoms with E-state index in [2.05, 4.69) is 71.0 Å². The molecule has 4 atom stereocenters. The maximum Gasteiger partial charge on any atom is 0.0806 e. The first-order valence-electron chi connectivity index (χ1n) is 10.7. The number of hydrogen-bond donors (Lipinski definition) is 2. The van der Waals surface area contributed by atoms with Crippen molar-refractivity contribution >= 4 is 10.9 Å². The lowest BCUT2D eigenvalue weighted by Crippen LogP contribution is -2.62. The van der Waals surface area contributed by atoms with E-state index in [0.29, 0.717) is 0 Å². The maximum atomic E-state index is 12.7. The summed E-state index contributed by atoms with van der Waals surface area (Å²) < 4.78 is 0. The predicted octanol–water partition coefficient (Wildman–Crippen LogP) is 6.08. The van der Waals surface area contributed by atoms with Crippen LogP contribution >= 0.6 is 0 Å². The third-order valence-corrected chi connectivity index (χ3v) is 8.21. The Kier molecular flexibility index (Phi) is 4.29. The average Bonchev–Trinajstić information content (AvgIpc) is 3.08. The van der Waals surface area contributed by atoms with Crippen LogP contribution in [-0.2, 0) is 16.4 Å². The molecule has 3 nitrogen and oxygen atoms in total. The van der Waals surface area contributed by atoms with E-state index in [1.165, 1.54) is 10.9 Å². The van der Waals surface area contributed by atoms with Gasteiger partial charge in [-0.2, -0.15) is 7.05 Å². The van der Waals surface area contributed by atoms with Crippen LogP contribution in [0.4, 0.5) is 0 Å². The van der Waals surface area contributed by atoms with E-state index in [1.807, 2.05) is 19.2 Å². The summed E-state index contributed by atoms with van der Waals surface area (Å²) in [6.07, 6.45) is 5.89. The molecule has 0 amide bonds. The lowest BCUT2D eigenvalue weighted by Gasteiger charge is -2.65. The molecular weight excluding hydrogens is 356 g/mol. The largest absolute Gasteiger partial charge is 0.659 e. The lowest BCUT2D eigenvalue weighted by molar-refractivity contribution is -0.119. The molecule has 1 aromatic carbocycles. The molecule has 2 aliphatic carbocycles. The minimum absolute atomic E-state index is 0.0741. The molecule has 2 aliphatic rings. The first-order chi connectivity index (χ1) is 13.5. The number of rotatable bonds is 4. The van der Waals surface area contributed by atoms with Gasteiger partial charge in [0, 0.05) is 27.6 Å². The number of nitrogens with zero attached hydrogens (tertiary/aromatic N) is 1. The second kappa shape index (κ2) is 6.09. The highest BCUT2D eigenvalue weighted by atomic mass is 16.3. The van der Waals surface area contributed by atoms with Crippen molar-refractivity contribution in [2.45, 2.75) is 69.9 Å². The number of aliphatic hydroxyl groups is 1. The van der Waals surface area contributed by atoms with Crippen LogP contribution in [0.25, 0.3) is 16.2 Å². The summed E-state index contributed by atoms with van der Waals surface area (Å²) in [4.78, 5) is 3.67. The van der Waals surface area contributed by atoms with Crippen LogP contribution in [-0.4, -0.2) is 23.2 Å². The third kappa shape index (κ3) is 2.38. The van der Waals surface area contributed by atoms with Gasteiger partial charge < -0.3 is 15.4 Å². The molecule has 0 spiro atoms. The SMILES string of the molecule is C=CC(C)(C)c1[nH]c2cccc3c2c1[C@]1(O)[C@H](CC[C@](C)(C=C)[C@@H]1[N-]C)C3(C)C. The number of benzene rings is 1. The molecule has 0 radical (unpaired) electrons. The van der Waals surface area contributed by atoms with E-state index in [-0.39, 0.29) is 28.2 Å². The molecule has 2 N–H and O–H groups in total. The van der Waals surface area contributed by atoms with E-state index < -0.39 is 5.60 Å². The number of H-pyrrole nitrogens is 1. The van der Waals surface area contributed by atoms with Gasteiger partial charge in [0.1, 0.15) is 0 Å². The minimum atomic E-state index is -1.07. The van der Waals surface area contributed by atoms with Crippen molar-refractivity contribution in [3.05, 3.63) is 65.6 Å². The Labute approximate surface area is 175 Å². The van der Waals surface area contributed by atoms with Crippen molar-refractivity contribution < 1.29 is 5.11 Å². The van der Waals surface area contributed by atoms with Crippen LogP contribution in [0.15, 0.2) is 43.5 Å². The van der Waals surface area contributed by atoms with Crippen LogP contribution in [0.3, 0.4) is 0 Å². The zero-order valence-corrected chi connectivity index (χ0v) is 18.8. The van der Waals surface area contributed by atoms with E-state index in [4.69, 9.17) is 5.32 Å². The maximum absolute atomic E-state index is 12.7. The van der Waals surface area contributed by atoms with Gasteiger partial charge in [-0.1, -0.05) is 64.9 Å². The molecule has 1 fully saturated rings. The number of likely N-dealkylation sites (N-methyl/N-ethyl adjacent to an activating group) is 1. The zero-order chi connectivity index (χ0) is 21.4. The van der Waals surface area contributed by atoms with Crippen molar-refractivity contribution in [3.8, 4) is 0 Å². The van der Waals surface area contributed by atoms with Crippen LogP contribution < -0.4 is 0 Å². The van der Waals surface area contributed by atoms with E-state index in [1.54, 1.807) is 0 Å². The van der Waals surface area contributed by atoms with Gasteiger partial charge >= 0.3 is 0 Å². The van der Waals surface area contributed by atoms with Gasteiger partial charge in [-0.15, -0.1) is 13.2 Å². The standard InChI is InChI=1S/C26H35N2O/c1-9-23(3,4)21-20-19-16(12-11-13-17(19)28-21)24(5,6)18-14-15-25(7,10-2)22(27-8)26(18,20)29/h9-13,18,22,28-29H,1-2,14-15H2,3-8H3/q-1/t18-,22+,25+,26-/m1/s1. The van der Waals surface area contributed by atoms with E-state index in [9.17, 15) is 5.11 Å². The normalized spacial score (nSPS) is 33.3. The summed E-state index contributed by atoms with van der Waals surface area (Å²) in [6, 6.07) is 6.24. The van der Waals surface area contributed by atoms with Gasteiger partial charge in [0.05, 0.1) is 5.60 Å². The number of aromatic nitrogens is 1. The second-order valence-corrected chi connectivity index (χ2v) is 10.5. The number of fused-ring (bicyclic) bond motifs is 2. The van der Waals surface area contributed by atoms with Crippen LogP contribution in [0.5, 0.6) is 0 Å². The molecule has 1 saturated carbocycles. The molecule has 2 aromatic rings. The molecule has 0 aliphatic heterocycles. The van der Waals surface area contributed by atoms with Crippen molar-refractivity contribution in [2.75, 3.05) is 7.05 Å². The highest BCUT2D eigenvalue weighted by molar-refractivity contribution is 5.92. The van der Waals surface area contributed by atoms with Gasteiger partial charge in [-0.3, -0.25) is 0 Å². The summed E-state index contributed by atoms with van der Waals surface area (Å²) in [7, 11) is 1.85. The highest BCUT2D eigenvalue weighted by Crippen LogP contribution is 2.63. The van der Waals surface area contributed by atoms with Crippen molar-refractivity contribution in [1.29, 1.82) is 0 Å². The third-order valence-electron chi connectivity index (χ3n) is 8.21. The summed E-state index contributed by atoms with van der Waals surface area (Å²) >= 11 is 0. The van der Waals surface area contributed by atoms with Gasteiger partial charge in [0.25, 0.3) is 0 Å². The highest BCUT2D eigenvalue weighted by Gasteiger charge is 2.60. The van der Waals surface area contributed by atoms with Crippen molar-refractivity contribution in [2.24, 2.45) is 11.3 Å². The quantitative estimate of drug-likeness (QED) is 0.609. The monoisotopic (exact) mass is 391 g/mol. The first-order valence-corrected chi connectivity index (χ1v) is 10.7. The summed E-state index contributed by atoms with van der Waals surface area (Å²) in [6.45, 7) is 19.3.